The fraction of sp³-hybridized carbons (Fsp3) is 0.636. The van der Waals surface area contributed by atoms with Gasteiger partial charge < -0.3 is 15.1 Å². The van der Waals surface area contributed by atoms with E-state index in [2.05, 4.69) is 10.6 Å². The van der Waals surface area contributed by atoms with Gasteiger partial charge in [0.15, 0.2) is 0 Å². The molecule has 78 valence electrons. The third-order valence-electron chi connectivity index (χ3n) is 2.72. The molecule has 0 aliphatic carbocycles. The van der Waals surface area contributed by atoms with E-state index in [-0.39, 0.29) is 0 Å². The van der Waals surface area contributed by atoms with Crippen molar-refractivity contribution in [1.29, 1.82) is 0 Å². The molecule has 1 aromatic heterocycles. The largest absolute Gasteiger partial charge is 0.469 e. The van der Waals surface area contributed by atoms with Gasteiger partial charge >= 0.3 is 0 Å². The van der Waals surface area contributed by atoms with Crippen molar-refractivity contribution in [2.45, 2.75) is 12.8 Å². The van der Waals surface area contributed by atoms with Gasteiger partial charge in [0, 0.05) is 13.0 Å². The van der Waals surface area contributed by atoms with Gasteiger partial charge in [-0.25, -0.2) is 0 Å². The second-order valence-corrected chi connectivity index (χ2v) is 3.89. The minimum absolute atomic E-state index is 0.826. The maximum atomic E-state index is 5.25. The van der Waals surface area contributed by atoms with E-state index in [9.17, 15) is 0 Å². The predicted octanol–water partition coefficient (Wildman–Crippen LogP) is 1.02. The molecular weight excluding hydrogens is 176 g/mol. The predicted molar refractivity (Wildman–Crippen MR) is 56.3 cm³/mol. The summed E-state index contributed by atoms with van der Waals surface area (Å²) in [6.07, 6.45) is 4.04. The topological polar surface area (TPSA) is 37.2 Å². The van der Waals surface area contributed by atoms with Crippen LogP contribution in [0, 0.1) is 5.92 Å². The smallest absolute Gasteiger partial charge is 0.105 e. The highest BCUT2D eigenvalue weighted by Crippen LogP contribution is 2.05. The molecule has 2 rings (SSSR count). The molecule has 1 saturated heterocycles. The van der Waals surface area contributed by atoms with E-state index in [1.165, 1.54) is 19.5 Å². The van der Waals surface area contributed by atoms with Crippen LogP contribution in [0.5, 0.6) is 0 Å². The van der Waals surface area contributed by atoms with Crippen LogP contribution in [0.2, 0.25) is 0 Å². The van der Waals surface area contributed by atoms with Crippen molar-refractivity contribution < 1.29 is 4.42 Å². The van der Waals surface area contributed by atoms with E-state index < -0.39 is 0 Å². The molecular formula is C11H18N2O. The zero-order valence-corrected chi connectivity index (χ0v) is 8.46. The molecule has 2 N–H and O–H groups in total. The second kappa shape index (κ2) is 5.17. The van der Waals surface area contributed by atoms with Crippen LogP contribution in [0.1, 0.15) is 12.2 Å². The first-order valence-electron chi connectivity index (χ1n) is 5.39. The molecule has 1 fully saturated rings. The first-order chi connectivity index (χ1) is 6.95. The molecule has 1 atom stereocenters. The molecule has 1 unspecified atom stereocenters. The van der Waals surface area contributed by atoms with Gasteiger partial charge in [0.2, 0.25) is 0 Å². The molecule has 3 heteroatoms. The molecule has 0 bridgehead atoms. The standard InChI is InChI=1S/C11H18N2O/c1-2-11(14-7-1)4-6-13-9-10-3-5-12-8-10/h1-2,7,10,12-13H,3-6,8-9H2. The summed E-state index contributed by atoms with van der Waals surface area (Å²) in [6.45, 7) is 4.51. The van der Waals surface area contributed by atoms with Crippen molar-refractivity contribution >= 4 is 0 Å². The zero-order chi connectivity index (χ0) is 9.64. The van der Waals surface area contributed by atoms with Gasteiger partial charge in [-0.3, -0.25) is 0 Å². The summed E-state index contributed by atoms with van der Waals surface area (Å²) in [6, 6.07) is 3.97. The molecule has 1 aliphatic rings. The maximum Gasteiger partial charge on any atom is 0.105 e. The molecule has 0 saturated carbocycles. The van der Waals surface area contributed by atoms with Gasteiger partial charge in [0.1, 0.15) is 5.76 Å². The third kappa shape index (κ3) is 2.86. The van der Waals surface area contributed by atoms with Crippen LogP contribution >= 0.6 is 0 Å². The van der Waals surface area contributed by atoms with Crippen LogP contribution in [0.4, 0.5) is 0 Å². The van der Waals surface area contributed by atoms with Crippen molar-refractivity contribution in [2.75, 3.05) is 26.2 Å². The first kappa shape index (κ1) is 9.74. The average Bonchev–Trinajstić information content (AvgIpc) is 2.86. The molecule has 14 heavy (non-hydrogen) atoms. The summed E-state index contributed by atoms with van der Waals surface area (Å²) in [5, 5.41) is 6.83. The van der Waals surface area contributed by atoms with Crippen molar-refractivity contribution in [3.8, 4) is 0 Å². The van der Waals surface area contributed by atoms with Gasteiger partial charge in [-0.15, -0.1) is 0 Å². The van der Waals surface area contributed by atoms with E-state index in [1.54, 1.807) is 6.26 Å². The normalized spacial score (nSPS) is 21.6. The quantitative estimate of drug-likeness (QED) is 0.687. The van der Waals surface area contributed by atoms with Gasteiger partial charge in [0.25, 0.3) is 0 Å². The number of rotatable bonds is 5. The lowest BCUT2D eigenvalue weighted by Crippen LogP contribution is -2.26. The highest BCUT2D eigenvalue weighted by atomic mass is 16.3. The zero-order valence-electron chi connectivity index (χ0n) is 8.46. The summed E-state index contributed by atoms with van der Waals surface area (Å²) >= 11 is 0. The van der Waals surface area contributed by atoms with E-state index in [1.807, 2.05) is 12.1 Å². The Morgan fingerprint density at radius 3 is 3.29 bits per heavy atom. The lowest BCUT2D eigenvalue weighted by atomic mass is 10.1. The van der Waals surface area contributed by atoms with Gasteiger partial charge in [-0.05, 0) is 44.1 Å². The first-order valence-corrected chi connectivity index (χ1v) is 5.39. The molecule has 1 aliphatic heterocycles. The molecule has 3 nitrogen and oxygen atoms in total. The molecule has 2 heterocycles. The SMILES string of the molecule is c1coc(CCNCC2CCNC2)c1. The third-order valence-corrected chi connectivity index (χ3v) is 2.72. The maximum absolute atomic E-state index is 5.25. The lowest BCUT2D eigenvalue weighted by Gasteiger charge is -2.08. The second-order valence-electron chi connectivity index (χ2n) is 3.89. The Bertz CT molecular complexity index is 240. The molecule has 0 aromatic carbocycles. The lowest BCUT2D eigenvalue weighted by molar-refractivity contribution is 0.477. The molecule has 1 aromatic rings. The van der Waals surface area contributed by atoms with Crippen LogP contribution in [0.15, 0.2) is 22.8 Å². The van der Waals surface area contributed by atoms with Crippen molar-refractivity contribution in [2.24, 2.45) is 5.92 Å². The van der Waals surface area contributed by atoms with Crippen LogP contribution in [0.25, 0.3) is 0 Å². The van der Waals surface area contributed by atoms with Crippen molar-refractivity contribution in [3.05, 3.63) is 24.2 Å². The summed E-state index contributed by atoms with van der Waals surface area (Å²) in [5.74, 6) is 1.90. The minimum Gasteiger partial charge on any atom is -0.469 e. The average molecular weight is 194 g/mol. The van der Waals surface area contributed by atoms with Crippen LogP contribution in [-0.2, 0) is 6.42 Å². The van der Waals surface area contributed by atoms with Crippen molar-refractivity contribution in [1.82, 2.24) is 10.6 Å². The number of hydrogen-bond acceptors (Lipinski definition) is 3. The summed E-state index contributed by atoms with van der Waals surface area (Å²) in [7, 11) is 0. The van der Waals surface area contributed by atoms with Crippen LogP contribution in [0.3, 0.4) is 0 Å². The Hall–Kier alpha value is -0.800. The highest BCUT2D eigenvalue weighted by molar-refractivity contribution is 4.98. The Morgan fingerprint density at radius 1 is 1.57 bits per heavy atom. The summed E-state index contributed by atoms with van der Waals surface area (Å²) < 4.78 is 5.25. The minimum atomic E-state index is 0.826. The van der Waals surface area contributed by atoms with Gasteiger partial charge in [0.05, 0.1) is 6.26 Å². The van der Waals surface area contributed by atoms with Crippen LogP contribution < -0.4 is 10.6 Å². The fourth-order valence-electron chi connectivity index (χ4n) is 1.86. The summed E-state index contributed by atoms with van der Waals surface area (Å²) in [5.41, 5.74) is 0. The number of furan rings is 1. The van der Waals surface area contributed by atoms with E-state index in [4.69, 9.17) is 4.42 Å². The van der Waals surface area contributed by atoms with Crippen molar-refractivity contribution in [3.63, 3.8) is 0 Å². The van der Waals surface area contributed by atoms with E-state index >= 15 is 0 Å². The molecule has 0 radical (unpaired) electrons. The Labute approximate surface area is 84.9 Å². The Morgan fingerprint density at radius 2 is 2.57 bits per heavy atom. The molecule has 0 amide bonds. The monoisotopic (exact) mass is 194 g/mol. The van der Waals surface area contributed by atoms with Gasteiger partial charge in [-0.2, -0.15) is 0 Å². The highest BCUT2D eigenvalue weighted by Gasteiger charge is 2.12. The number of nitrogens with one attached hydrogen (secondary N) is 2. The molecule has 0 spiro atoms. The van der Waals surface area contributed by atoms with Crippen LogP contribution in [-0.4, -0.2) is 26.2 Å². The van der Waals surface area contributed by atoms with Gasteiger partial charge in [-0.1, -0.05) is 0 Å². The Kier molecular flexibility index (Phi) is 3.60. The number of hydrogen-bond donors (Lipinski definition) is 2. The van der Waals surface area contributed by atoms with E-state index in [0.29, 0.717) is 0 Å². The summed E-state index contributed by atoms with van der Waals surface area (Å²) in [4.78, 5) is 0. The van der Waals surface area contributed by atoms with E-state index in [0.717, 1.165) is 31.2 Å². The Balaban J connectivity index is 1.55. The fourth-order valence-corrected chi connectivity index (χ4v) is 1.86.